The topological polar surface area (TPSA) is 67.7 Å². The van der Waals surface area contributed by atoms with E-state index in [1.807, 2.05) is 0 Å². The third kappa shape index (κ3) is 4.69. The third-order valence-corrected chi connectivity index (χ3v) is 7.33. The molecule has 1 aromatic rings. The van der Waals surface area contributed by atoms with E-state index in [1.165, 1.54) is 11.4 Å². The van der Waals surface area contributed by atoms with Gasteiger partial charge in [0.15, 0.2) is 10.7 Å². The summed E-state index contributed by atoms with van der Waals surface area (Å²) in [5, 5.41) is 2.88. The summed E-state index contributed by atoms with van der Waals surface area (Å²) in [5.74, 6) is 0.498. The number of aromatic nitrogens is 2. The monoisotopic (exact) mass is 424 g/mol. The van der Waals surface area contributed by atoms with Crippen molar-refractivity contribution in [2.45, 2.75) is 43.5 Å². The molecule has 3 heterocycles. The Morgan fingerprint density at radius 1 is 1.25 bits per heavy atom. The Hall–Kier alpha value is -1.17. The lowest BCUT2D eigenvalue weighted by Crippen LogP contribution is -2.50. The average Bonchev–Trinajstić information content (AvgIpc) is 2.97. The molecular weight excluding hydrogens is 397 g/mol. The highest BCUT2D eigenvalue weighted by atomic mass is 32.2. The van der Waals surface area contributed by atoms with Gasteiger partial charge in [-0.05, 0) is 32.6 Å². The van der Waals surface area contributed by atoms with Crippen LogP contribution in [0.4, 0.5) is 13.2 Å². The van der Waals surface area contributed by atoms with Crippen molar-refractivity contribution in [3.63, 3.8) is 0 Å². The molecule has 0 aromatic carbocycles. The quantitative estimate of drug-likeness (QED) is 0.739. The Morgan fingerprint density at radius 3 is 2.43 bits per heavy atom. The first-order chi connectivity index (χ1) is 12.9. The first-order valence-electron chi connectivity index (χ1n) is 9.36. The van der Waals surface area contributed by atoms with Gasteiger partial charge in [0.2, 0.25) is 0 Å². The van der Waals surface area contributed by atoms with Gasteiger partial charge in [-0.1, -0.05) is 0 Å². The van der Waals surface area contributed by atoms with Gasteiger partial charge in [0.05, 0.1) is 5.60 Å². The lowest BCUT2D eigenvalue weighted by atomic mass is 9.88. The number of rotatable bonds is 4. The van der Waals surface area contributed by atoms with Gasteiger partial charge in [-0.2, -0.15) is 22.6 Å². The van der Waals surface area contributed by atoms with Crippen LogP contribution in [0, 0.1) is 5.92 Å². The van der Waals surface area contributed by atoms with Crippen molar-refractivity contribution < 1.29 is 26.3 Å². The number of nitrogens with zero attached hydrogens (tertiary/aromatic N) is 4. The van der Waals surface area contributed by atoms with E-state index in [2.05, 4.69) is 23.8 Å². The molecule has 0 bridgehead atoms. The summed E-state index contributed by atoms with van der Waals surface area (Å²) in [4.78, 5) is 2.22. The minimum absolute atomic E-state index is 0.135. The predicted octanol–water partition coefficient (Wildman–Crippen LogP) is 1.95. The maximum atomic E-state index is 12.8. The van der Waals surface area contributed by atoms with Crippen LogP contribution in [0.25, 0.3) is 0 Å². The molecule has 2 fully saturated rings. The summed E-state index contributed by atoms with van der Waals surface area (Å²) < 4.78 is 71.9. The van der Waals surface area contributed by atoms with Crippen LogP contribution in [0.1, 0.15) is 32.4 Å². The largest absolute Gasteiger partial charge is 0.435 e. The molecular formula is C17H27F3N4O3S. The highest BCUT2D eigenvalue weighted by Gasteiger charge is 2.39. The number of aryl methyl sites for hydroxylation is 1. The molecule has 7 nitrogen and oxygen atoms in total. The number of hydrogen-bond acceptors (Lipinski definition) is 5. The smallest absolute Gasteiger partial charge is 0.376 e. The molecule has 0 N–H and O–H groups in total. The molecule has 2 aliphatic heterocycles. The minimum atomic E-state index is -4.68. The maximum Gasteiger partial charge on any atom is 0.435 e. The standard InChI is InChI=1S/C17H27F3N4O3S/c1-16(2)11-13(4-9-27-16)12-23-5-7-24(8-6-23)28(25,26)15-10-14(17(18,19)20)21-22(15)3/h10,13H,4-9,11-12H2,1-3H3. The van der Waals surface area contributed by atoms with E-state index in [0.717, 1.165) is 30.7 Å². The molecule has 2 aliphatic rings. The van der Waals surface area contributed by atoms with E-state index in [0.29, 0.717) is 25.1 Å². The predicted molar refractivity (Wildman–Crippen MR) is 96.2 cm³/mol. The zero-order valence-corrected chi connectivity index (χ0v) is 17.2. The number of halogens is 3. The molecule has 0 spiro atoms. The van der Waals surface area contributed by atoms with Crippen molar-refractivity contribution in [3.05, 3.63) is 11.8 Å². The van der Waals surface area contributed by atoms with Crippen molar-refractivity contribution in [1.82, 2.24) is 19.0 Å². The lowest BCUT2D eigenvalue weighted by molar-refractivity contribution is -0.141. The molecule has 1 unspecified atom stereocenters. The van der Waals surface area contributed by atoms with Crippen LogP contribution in [-0.2, 0) is 28.0 Å². The Morgan fingerprint density at radius 2 is 1.89 bits per heavy atom. The van der Waals surface area contributed by atoms with E-state index < -0.39 is 26.9 Å². The Bertz CT molecular complexity index is 799. The normalized spacial score (nSPS) is 25.1. The molecule has 2 saturated heterocycles. The van der Waals surface area contributed by atoms with Gasteiger partial charge < -0.3 is 9.64 Å². The maximum absolute atomic E-state index is 12.8. The van der Waals surface area contributed by atoms with E-state index >= 15 is 0 Å². The number of sulfonamides is 1. The molecule has 160 valence electrons. The number of alkyl halides is 3. The van der Waals surface area contributed by atoms with E-state index in [9.17, 15) is 21.6 Å². The molecule has 0 amide bonds. The number of piperazine rings is 1. The van der Waals surface area contributed by atoms with Crippen LogP contribution < -0.4 is 0 Å². The van der Waals surface area contributed by atoms with Gasteiger partial charge in [0.25, 0.3) is 10.0 Å². The highest BCUT2D eigenvalue weighted by molar-refractivity contribution is 7.89. The highest BCUT2D eigenvalue weighted by Crippen LogP contribution is 2.31. The minimum Gasteiger partial charge on any atom is -0.376 e. The van der Waals surface area contributed by atoms with Crippen molar-refractivity contribution >= 4 is 10.0 Å². The van der Waals surface area contributed by atoms with Crippen molar-refractivity contribution in [1.29, 1.82) is 0 Å². The van der Waals surface area contributed by atoms with Crippen LogP contribution in [-0.4, -0.2) is 72.3 Å². The SMILES string of the molecule is Cn1nc(C(F)(F)F)cc1S(=O)(=O)N1CCN(CC2CCOC(C)(C)C2)CC1. The van der Waals surface area contributed by atoms with Gasteiger partial charge in [-0.3, -0.25) is 4.68 Å². The number of ether oxygens (including phenoxy) is 1. The second-order valence-corrected chi connectivity index (χ2v) is 10.0. The summed E-state index contributed by atoms with van der Waals surface area (Å²) in [6.45, 7) is 7.38. The molecule has 0 aliphatic carbocycles. The molecule has 3 rings (SSSR count). The van der Waals surface area contributed by atoms with Crippen LogP contribution in [0.2, 0.25) is 0 Å². The molecule has 0 radical (unpaired) electrons. The van der Waals surface area contributed by atoms with E-state index in [4.69, 9.17) is 4.74 Å². The van der Waals surface area contributed by atoms with Crippen LogP contribution in [0.15, 0.2) is 11.1 Å². The zero-order valence-electron chi connectivity index (χ0n) is 16.4. The summed E-state index contributed by atoms with van der Waals surface area (Å²) in [6.07, 6.45) is -2.74. The van der Waals surface area contributed by atoms with Crippen molar-refractivity contribution in [2.75, 3.05) is 39.3 Å². The Kier molecular flexibility index (Phi) is 5.83. The lowest BCUT2D eigenvalue weighted by Gasteiger charge is -2.40. The second-order valence-electron chi connectivity index (χ2n) is 8.16. The second kappa shape index (κ2) is 7.58. The van der Waals surface area contributed by atoms with Crippen LogP contribution in [0.5, 0.6) is 0 Å². The van der Waals surface area contributed by atoms with Gasteiger partial charge in [0, 0.05) is 52.4 Å². The Balaban J connectivity index is 1.62. The molecule has 1 atom stereocenters. The summed E-state index contributed by atoms with van der Waals surface area (Å²) in [6, 6.07) is 0.603. The van der Waals surface area contributed by atoms with E-state index in [-0.39, 0.29) is 18.7 Å². The summed E-state index contributed by atoms with van der Waals surface area (Å²) >= 11 is 0. The van der Waals surface area contributed by atoms with Gasteiger partial charge in [-0.15, -0.1) is 0 Å². The fourth-order valence-electron chi connectivity index (χ4n) is 3.99. The van der Waals surface area contributed by atoms with Gasteiger partial charge in [-0.25, -0.2) is 8.42 Å². The molecule has 1 aromatic heterocycles. The fourth-order valence-corrected chi connectivity index (χ4v) is 5.54. The summed E-state index contributed by atoms with van der Waals surface area (Å²) in [5.41, 5.74) is -1.33. The fraction of sp³-hybridized carbons (Fsp3) is 0.824. The average molecular weight is 424 g/mol. The van der Waals surface area contributed by atoms with Crippen molar-refractivity contribution in [3.8, 4) is 0 Å². The molecule has 28 heavy (non-hydrogen) atoms. The zero-order chi connectivity index (χ0) is 20.7. The third-order valence-electron chi connectivity index (χ3n) is 5.38. The van der Waals surface area contributed by atoms with Crippen LogP contribution >= 0.6 is 0 Å². The number of hydrogen-bond donors (Lipinski definition) is 0. The first kappa shape index (κ1) is 21.5. The first-order valence-corrected chi connectivity index (χ1v) is 10.8. The molecule has 0 saturated carbocycles. The van der Waals surface area contributed by atoms with Gasteiger partial charge in [0.1, 0.15) is 0 Å². The van der Waals surface area contributed by atoms with E-state index in [1.54, 1.807) is 0 Å². The molecule has 11 heteroatoms. The van der Waals surface area contributed by atoms with Crippen molar-refractivity contribution in [2.24, 2.45) is 13.0 Å². The van der Waals surface area contributed by atoms with Gasteiger partial charge >= 0.3 is 6.18 Å². The summed E-state index contributed by atoms with van der Waals surface area (Å²) in [7, 11) is -2.81. The van der Waals surface area contributed by atoms with Crippen LogP contribution in [0.3, 0.4) is 0 Å². The Labute approximate surface area is 163 Å².